The van der Waals surface area contributed by atoms with Gasteiger partial charge in [0, 0.05) is 38.1 Å². The number of rotatable bonds is 5. The molecule has 0 aromatic carbocycles. The van der Waals surface area contributed by atoms with E-state index in [1.54, 1.807) is 9.80 Å². The third kappa shape index (κ3) is 5.90. The zero-order valence-corrected chi connectivity index (χ0v) is 15.6. The average molecular weight is 352 g/mol. The van der Waals surface area contributed by atoms with Gasteiger partial charge in [-0.1, -0.05) is 33.1 Å². The predicted octanol–water partition coefficient (Wildman–Crippen LogP) is 1.34. The lowest BCUT2D eigenvalue weighted by atomic mass is 9.96. The van der Waals surface area contributed by atoms with Gasteiger partial charge in [-0.15, -0.1) is 0 Å². The molecule has 1 saturated carbocycles. The molecule has 0 aromatic heterocycles. The Balaban J connectivity index is 1.68. The summed E-state index contributed by atoms with van der Waals surface area (Å²) >= 11 is 0. The van der Waals surface area contributed by atoms with Crippen molar-refractivity contribution in [3.05, 3.63) is 0 Å². The van der Waals surface area contributed by atoms with Gasteiger partial charge in [0.05, 0.1) is 6.54 Å². The molecular weight excluding hydrogens is 320 g/mol. The van der Waals surface area contributed by atoms with Crippen LogP contribution in [0.15, 0.2) is 0 Å². The maximum Gasteiger partial charge on any atom is 0.317 e. The number of amides is 4. The van der Waals surface area contributed by atoms with E-state index in [0.717, 1.165) is 19.3 Å². The predicted molar refractivity (Wildman–Crippen MR) is 96.0 cm³/mol. The summed E-state index contributed by atoms with van der Waals surface area (Å²) < 4.78 is 0. The maximum atomic E-state index is 12.3. The molecule has 1 aliphatic carbocycles. The molecule has 25 heavy (non-hydrogen) atoms. The Morgan fingerprint density at radius 2 is 1.60 bits per heavy atom. The summed E-state index contributed by atoms with van der Waals surface area (Å²) in [5, 5.41) is 5.81. The van der Waals surface area contributed by atoms with Gasteiger partial charge in [-0.3, -0.25) is 9.59 Å². The molecule has 0 spiro atoms. The van der Waals surface area contributed by atoms with Crippen LogP contribution >= 0.6 is 0 Å². The lowest BCUT2D eigenvalue weighted by Gasteiger charge is -2.36. The number of hydrogen-bond donors (Lipinski definition) is 2. The lowest BCUT2D eigenvalue weighted by Crippen LogP contribution is -2.56. The topological polar surface area (TPSA) is 81.8 Å². The number of nitrogens with one attached hydrogen (secondary N) is 2. The van der Waals surface area contributed by atoms with Crippen molar-refractivity contribution in [1.82, 2.24) is 20.4 Å². The molecule has 2 fully saturated rings. The highest BCUT2D eigenvalue weighted by Crippen LogP contribution is 2.17. The molecule has 1 atom stereocenters. The summed E-state index contributed by atoms with van der Waals surface area (Å²) in [6.07, 6.45) is 6.54. The fraction of sp³-hybridized carbons (Fsp3) is 0.833. The largest absolute Gasteiger partial charge is 0.347 e. The van der Waals surface area contributed by atoms with Gasteiger partial charge < -0.3 is 20.4 Å². The van der Waals surface area contributed by atoms with Crippen LogP contribution < -0.4 is 10.6 Å². The van der Waals surface area contributed by atoms with Gasteiger partial charge in [0.1, 0.15) is 0 Å². The molecule has 0 radical (unpaired) electrons. The summed E-state index contributed by atoms with van der Waals surface area (Å²) in [5.74, 6) is -0.238. The third-order valence-corrected chi connectivity index (χ3v) is 5.33. The SMILES string of the molecule is CC[C@@H](C)C(=O)NCC(=O)N1CCN(C(=O)NC2CCCCC2)CC1. The van der Waals surface area contributed by atoms with Gasteiger partial charge in [-0.2, -0.15) is 0 Å². The first kappa shape index (κ1) is 19.5. The Morgan fingerprint density at radius 3 is 2.20 bits per heavy atom. The van der Waals surface area contributed by atoms with Crippen molar-refractivity contribution < 1.29 is 14.4 Å². The molecular formula is C18H32N4O3. The van der Waals surface area contributed by atoms with E-state index < -0.39 is 0 Å². The Labute approximate surface area is 150 Å². The first-order valence-corrected chi connectivity index (χ1v) is 9.62. The van der Waals surface area contributed by atoms with Crippen molar-refractivity contribution in [1.29, 1.82) is 0 Å². The van der Waals surface area contributed by atoms with E-state index in [2.05, 4.69) is 10.6 Å². The van der Waals surface area contributed by atoms with Gasteiger partial charge in [-0.25, -0.2) is 4.79 Å². The molecule has 4 amide bonds. The zero-order valence-electron chi connectivity index (χ0n) is 15.6. The van der Waals surface area contributed by atoms with Crippen LogP contribution in [0.3, 0.4) is 0 Å². The van der Waals surface area contributed by atoms with Crippen molar-refractivity contribution in [2.45, 2.75) is 58.4 Å². The molecule has 2 rings (SSSR count). The van der Waals surface area contributed by atoms with Crippen LogP contribution in [-0.2, 0) is 9.59 Å². The van der Waals surface area contributed by atoms with Crippen LogP contribution in [0.25, 0.3) is 0 Å². The number of hydrogen-bond acceptors (Lipinski definition) is 3. The Bertz CT molecular complexity index is 469. The number of nitrogens with zero attached hydrogens (tertiary/aromatic N) is 2. The molecule has 0 unspecified atom stereocenters. The summed E-state index contributed by atoms with van der Waals surface area (Å²) in [4.78, 5) is 39.8. The summed E-state index contributed by atoms with van der Waals surface area (Å²) in [6.45, 7) is 5.98. The summed E-state index contributed by atoms with van der Waals surface area (Å²) in [5.41, 5.74) is 0. The molecule has 7 nitrogen and oxygen atoms in total. The van der Waals surface area contributed by atoms with E-state index in [-0.39, 0.29) is 30.3 Å². The van der Waals surface area contributed by atoms with Crippen LogP contribution in [0.1, 0.15) is 52.4 Å². The second-order valence-corrected chi connectivity index (χ2v) is 7.18. The highest BCUT2D eigenvalue weighted by molar-refractivity contribution is 5.85. The monoisotopic (exact) mass is 352 g/mol. The molecule has 0 bridgehead atoms. The molecule has 0 aromatic rings. The number of piperazine rings is 1. The fourth-order valence-electron chi connectivity index (χ4n) is 3.31. The van der Waals surface area contributed by atoms with Crippen LogP contribution in [0.2, 0.25) is 0 Å². The number of urea groups is 1. The van der Waals surface area contributed by atoms with E-state index in [4.69, 9.17) is 0 Å². The van der Waals surface area contributed by atoms with Crippen LogP contribution in [0, 0.1) is 5.92 Å². The minimum atomic E-state index is -0.0821. The molecule has 7 heteroatoms. The molecule has 2 aliphatic rings. The molecule has 1 aliphatic heterocycles. The number of carbonyl (C=O) groups excluding carboxylic acids is 3. The van der Waals surface area contributed by atoms with Crippen molar-refractivity contribution in [3.8, 4) is 0 Å². The maximum absolute atomic E-state index is 12.3. The van der Waals surface area contributed by atoms with E-state index in [9.17, 15) is 14.4 Å². The summed E-state index contributed by atoms with van der Waals surface area (Å²) in [7, 11) is 0. The van der Waals surface area contributed by atoms with E-state index >= 15 is 0 Å². The first-order chi connectivity index (χ1) is 12.0. The van der Waals surface area contributed by atoms with Gasteiger partial charge in [-0.05, 0) is 19.3 Å². The Kier molecular flexibility index (Phi) is 7.52. The van der Waals surface area contributed by atoms with Crippen LogP contribution in [0.5, 0.6) is 0 Å². The quantitative estimate of drug-likeness (QED) is 0.783. The van der Waals surface area contributed by atoms with Crippen molar-refractivity contribution >= 4 is 17.8 Å². The third-order valence-electron chi connectivity index (χ3n) is 5.33. The average Bonchev–Trinajstić information content (AvgIpc) is 2.66. The Morgan fingerprint density at radius 1 is 1.00 bits per heavy atom. The van der Waals surface area contributed by atoms with E-state index in [1.165, 1.54) is 19.3 Å². The van der Waals surface area contributed by atoms with Crippen LogP contribution in [0.4, 0.5) is 4.79 Å². The lowest BCUT2D eigenvalue weighted by molar-refractivity contribution is -0.134. The number of carbonyl (C=O) groups is 3. The second kappa shape index (κ2) is 9.63. The minimum Gasteiger partial charge on any atom is -0.347 e. The minimum absolute atomic E-state index is 0.0101. The van der Waals surface area contributed by atoms with Crippen molar-refractivity contribution in [2.75, 3.05) is 32.7 Å². The Hall–Kier alpha value is -1.79. The highest BCUT2D eigenvalue weighted by atomic mass is 16.2. The first-order valence-electron chi connectivity index (χ1n) is 9.62. The smallest absolute Gasteiger partial charge is 0.317 e. The van der Waals surface area contributed by atoms with Crippen molar-refractivity contribution in [3.63, 3.8) is 0 Å². The van der Waals surface area contributed by atoms with Gasteiger partial charge >= 0.3 is 6.03 Å². The van der Waals surface area contributed by atoms with Gasteiger partial charge in [0.25, 0.3) is 0 Å². The normalized spacial score (nSPS) is 20.1. The van der Waals surface area contributed by atoms with Gasteiger partial charge in [0.15, 0.2) is 0 Å². The molecule has 142 valence electrons. The molecule has 1 heterocycles. The van der Waals surface area contributed by atoms with E-state index in [1.807, 2.05) is 13.8 Å². The van der Waals surface area contributed by atoms with Crippen LogP contribution in [-0.4, -0.2) is 66.4 Å². The summed E-state index contributed by atoms with van der Waals surface area (Å²) in [6, 6.07) is 0.292. The van der Waals surface area contributed by atoms with Crippen molar-refractivity contribution in [2.24, 2.45) is 5.92 Å². The van der Waals surface area contributed by atoms with E-state index in [0.29, 0.717) is 32.2 Å². The standard InChI is InChI=1S/C18H32N4O3/c1-3-14(2)17(24)19-13-16(23)21-9-11-22(12-10-21)18(25)20-15-7-5-4-6-8-15/h14-15H,3-13H2,1-2H3,(H,19,24)(H,20,25)/t14-/m1/s1. The molecule has 1 saturated heterocycles. The zero-order chi connectivity index (χ0) is 18.2. The van der Waals surface area contributed by atoms with Gasteiger partial charge in [0.2, 0.25) is 11.8 Å². The second-order valence-electron chi connectivity index (χ2n) is 7.18. The molecule has 2 N–H and O–H groups in total. The highest BCUT2D eigenvalue weighted by Gasteiger charge is 2.26. The fourth-order valence-corrected chi connectivity index (χ4v) is 3.31.